The maximum atomic E-state index is 11.7. The number of nitrogens with two attached hydrogens (primary N) is 1. The molecule has 2 aromatic rings. The van der Waals surface area contributed by atoms with Gasteiger partial charge in [-0.3, -0.25) is 4.79 Å². The number of nitrogens with one attached hydrogen (secondary N) is 1. The van der Waals surface area contributed by atoms with Crippen LogP contribution in [0.2, 0.25) is 0 Å². The monoisotopic (exact) mass is 268 g/mol. The first-order valence-electron chi connectivity index (χ1n) is 7.13. The Labute approximate surface area is 119 Å². The maximum Gasteiger partial charge on any atom is 0.240 e. The number of carbonyl (C=O) groups is 1. The summed E-state index contributed by atoms with van der Waals surface area (Å²) in [6.45, 7) is 2.75. The van der Waals surface area contributed by atoms with E-state index in [9.17, 15) is 4.79 Å². The van der Waals surface area contributed by atoms with E-state index >= 15 is 0 Å². The molecule has 3 nitrogen and oxygen atoms in total. The van der Waals surface area contributed by atoms with Crippen molar-refractivity contribution >= 4 is 16.7 Å². The van der Waals surface area contributed by atoms with Crippen molar-refractivity contribution in [2.75, 3.05) is 6.54 Å². The van der Waals surface area contributed by atoms with Crippen LogP contribution >= 0.6 is 0 Å². The average molecular weight is 268 g/mol. The van der Waals surface area contributed by atoms with Gasteiger partial charge in [-0.2, -0.15) is 0 Å². The minimum absolute atomic E-state index is 0.00564. The fourth-order valence-electron chi connectivity index (χ4n) is 2.43. The molecule has 1 aliphatic rings. The minimum atomic E-state index is -0.569. The molecule has 0 heterocycles. The summed E-state index contributed by atoms with van der Waals surface area (Å²) in [5, 5.41) is 5.43. The molecule has 1 fully saturated rings. The zero-order valence-corrected chi connectivity index (χ0v) is 11.8. The highest BCUT2D eigenvalue weighted by atomic mass is 16.2. The second kappa shape index (κ2) is 4.91. The lowest BCUT2D eigenvalue weighted by Crippen LogP contribution is -2.43. The van der Waals surface area contributed by atoms with Crippen molar-refractivity contribution in [2.45, 2.75) is 31.7 Å². The number of benzene rings is 2. The Bertz CT molecular complexity index is 659. The van der Waals surface area contributed by atoms with Crippen LogP contribution in [0.15, 0.2) is 36.4 Å². The van der Waals surface area contributed by atoms with E-state index in [0.717, 1.165) is 19.3 Å². The second-order valence-electron chi connectivity index (χ2n) is 5.85. The topological polar surface area (TPSA) is 55.1 Å². The van der Waals surface area contributed by atoms with Gasteiger partial charge in [0, 0.05) is 6.54 Å². The van der Waals surface area contributed by atoms with E-state index in [1.807, 2.05) is 0 Å². The molecule has 3 heteroatoms. The summed E-state index contributed by atoms with van der Waals surface area (Å²) in [5.74, 6) is -0.00564. The Morgan fingerprint density at radius 1 is 1.20 bits per heavy atom. The normalized spacial score (nSPS) is 16.1. The van der Waals surface area contributed by atoms with E-state index in [2.05, 4.69) is 48.6 Å². The molecule has 3 N–H and O–H groups in total. The van der Waals surface area contributed by atoms with Gasteiger partial charge in [-0.15, -0.1) is 0 Å². The summed E-state index contributed by atoms with van der Waals surface area (Å²) in [5.41, 5.74) is 7.79. The highest BCUT2D eigenvalue weighted by Gasteiger charge is 2.45. The molecule has 1 saturated carbocycles. The average Bonchev–Trinajstić information content (AvgIpc) is 3.18. The molecule has 0 radical (unpaired) electrons. The first-order valence-corrected chi connectivity index (χ1v) is 7.13. The van der Waals surface area contributed by atoms with Gasteiger partial charge in [-0.05, 0) is 42.5 Å². The number of fused-ring (bicyclic) bond motifs is 1. The van der Waals surface area contributed by atoms with Crippen LogP contribution < -0.4 is 11.1 Å². The zero-order valence-electron chi connectivity index (χ0n) is 11.8. The molecule has 1 amide bonds. The third-order valence-electron chi connectivity index (χ3n) is 4.00. The Balaban J connectivity index is 1.63. The van der Waals surface area contributed by atoms with Gasteiger partial charge in [0.2, 0.25) is 5.91 Å². The number of rotatable bonds is 4. The van der Waals surface area contributed by atoms with Gasteiger partial charge in [-0.25, -0.2) is 0 Å². The molecule has 1 aliphatic carbocycles. The Morgan fingerprint density at radius 3 is 2.65 bits per heavy atom. The minimum Gasteiger partial charge on any atom is -0.354 e. The lowest BCUT2D eigenvalue weighted by molar-refractivity contribution is -0.123. The van der Waals surface area contributed by atoms with Gasteiger partial charge < -0.3 is 11.1 Å². The molecule has 2 aromatic carbocycles. The lowest BCUT2D eigenvalue weighted by Gasteiger charge is -2.10. The summed E-state index contributed by atoms with van der Waals surface area (Å²) in [4.78, 5) is 11.7. The number of carbonyl (C=O) groups excluding carboxylic acids is 1. The molecule has 0 bridgehead atoms. The van der Waals surface area contributed by atoms with Crippen molar-refractivity contribution in [1.29, 1.82) is 0 Å². The Kier molecular flexibility index (Phi) is 3.22. The smallest absolute Gasteiger partial charge is 0.240 e. The van der Waals surface area contributed by atoms with E-state index in [4.69, 9.17) is 5.73 Å². The van der Waals surface area contributed by atoms with E-state index in [0.29, 0.717) is 6.54 Å². The van der Waals surface area contributed by atoms with Crippen LogP contribution in [0, 0.1) is 6.92 Å². The molecule has 0 aromatic heterocycles. The summed E-state index contributed by atoms with van der Waals surface area (Å²) in [6.07, 6.45) is 2.47. The van der Waals surface area contributed by atoms with Gasteiger partial charge in [0.1, 0.15) is 0 Å². The Hall–Kier alpha value is -1.87. The molecular formula is C17H20N2O. The van der Waals surface area contributed by atoms with Gasteiger partial charge in [0.25, 0.3) is 0 Å². The third kappa shape index (κ3) is 2.68. The number of hydrogen-bond donors (Lipinski definition) is 2. The van der Waals surface area contributed by atoms with Gasteiger partial charge in [0.05, 0.1) is 5.54 Å². The van der Waals surface area contributed by atoms with Crippen LogP contribution in [0.1, 0.15) is 24.0 Å². The van der Waals surface area contributed by atoms with Gasteiger partial charge in [-0.1, -0.05) is 42.0 Å². The standard InChI is InChI=1S/C17H20N2O/c1-12-2-4-15-11-13(3-5-14(15)10-12)6-9-19-16(20)17(18)7-8-17/h2-5,10-11H,6-9,18H2,1H3,(H,19,20). The fourth-order valence-corrected chi connectivity index (χ4v) is 2.43. The summed E-state index contributed by atoms with van der Waals surface area (Å²) in [6, 6.07) is 12.9. The Morgan fingerprint density at radius 2 is 1.90 bits per heavy atom. The van der Waals surface area contributed by atoms with Gasteiger partial charge in [0.15, 0.2) is 0 Å². The second-order valence-corrected chi connectivity index (χ2v) is 5.85. The summed E-state index contributed by atoms with van der Waals surface area (Å²) < 4.78 is 0. The molecule has 20 heavy (non-hydrogen) atoms. The molecule has 0 unspecified atom stereocenters. The predicted molar refractivity (Wildman–Crippen MR) is 81.6 cm³/mol. The molecule has 104 valence electrons. The summed E-state index contributed by atoms with van der Waals surface area (Å²) in [7, 11) is 0. The van der Waals surface area contributed by atoms with Crippen molar-refractivity contribution in [1.82, 2.24) is 5.32 Å². The van der Waals surface area contributed by atoms with Crippen LogP contribution in [0.25, 0.3) is 10.8 Å². The predicted octanol–water partition coefficient (Wildman–Crippen LogP) is 2.30. The first kappa shape index (κ1) is 13.1. The summed E-state index contributed by atoms with van der Waals surface area (Å²) >= 11 is 0. The highest BCUT2D eigenvalue weighted by Crippen LogP contribution is 2.32. The van der Waals surface area contributed by atoms with Crippen LogP contribution in [-0.2, 0) is 11.2 Å². The number of aryl methyl sites for hydroxylation is 1. The zero-order chi connectivity index (χ0) is 14.2. The van der Waals surface area contributed by atoms with E-state index < -0.39 is 5.54 Å². The molecular weight excluding hydrogens is 248 g/mol. The first-order chi connectivity index (χ1) is 9.57. The van der Waals surface area contributed by atoms with Crippen LogP contribution in [0.3, 0.4) is 0 Å². The largest absolute Gasteiger partial charge is 0.354 e. The quantitative estimate of drug-likeness (QED) is 0.894. The third-order valence-corrected chi connectivity index (χ3v) is 4.00. The van der Waals surface area contributed by atoms with Crippen molar-refractivity contribution in [3.05, 3.63) is 47.5 Å². The van der Waals surface area contributed by atoms with Crippen molar-refractivity contribution in [3.8, 4) is 0 Å². The van der Waals surface area contributed by atoms with Crippen LogP contribution in [0.4, 0.5) is 0 Å². The molecule has 3 rings (SSSR count). The number of amides is 1. The van der Waals surface area contributed by atoms with E-state index in [-0.39, 0.29) is 5.91 Å². The molecule has 0 aliphatic heterocycles. The number of hydrogen-bond acceptors (Lipinski definition) is 2. The van der Waals surface area contributed by atoms with E-state index in [1.165, 1.54) is 21.9 Å². The van der Waals surface area contributed by atoms with Gasteiger partial charge >= 0.3 is 0 Å². The SMILES string of the molecule is Cc1ccc2cc(CCNC(=O)C3(N)CC3)ccc2c1. The van der Waals surface area contributed by atoms with Crippen LogP contribution in [0.5, 0.6) is 0 Å². The van der Waals surface area contributed by atoms with Crippen LogP contribution in [-0.4, -0.2) is 18.0 Å². The maximum absolute atomic E-state index is 11.7. The lowest BCUT2D eigenvalue weighted by atomic mass is 10.0. The van der Waals surface area contributed by atoms with E-state index in [1.54, 1.807) is 0 Å². The fraction of sp³-hybridized carbons (Fsp3) is 0.353. The van der Waals surface area contributed by atoms with Crippen molar-refractivity contribution in [3.63, 3.8) is 0 Å². The highest BCUT2D eigenvalue weighted by molar-refractivity contribution is 5.89. The van der Waals surface area contributed by atoms with Crippen molar-refractivity contribution < 1.29 is 4.79 Å². The molecule has 0 atom stereocenters. The molecule has 0 spiro atoms. The molecule has 0 saturated heterocycles. The van der Waals surface area contributed by atoms with Crippen molar-refractivity contribution in [2.24, 2.45) is 5.73 Å².